The lowest BCUT2D eigenvalue weighted by Crippen LogP contribution is -2.39. The van der Waals surface area contributed by atoms with Gasteiger partial charge >= 0.3 is 0 Å². The molecule has 0 saturated carbocycles. The van der Waals surface area contributed by atoms with Gasteiger partial charge in [-0.2, -0.15) is 4.98 Å². The molecule has 0 aliphatic carbocycles. The maximum Gasteiger partial charge on any atom is 0.240 e. The Kier molecular flexibility index (Phi) is 5.76. The summed E-state index contributed by atoms with van der Waals surface area (Å²) < 4.78 is 5.36. The minimum absolute atomic E-state index is 0.288. The van der Waals surface area contributed by atoms with Crippen molar-refractivity contribution in [2.24, 2.45) is 5.92 Å². The van der Waals surface area contributed by atoms with E-state index < -0.39 is 0 Å². The van der Waals surface area contributed by atoms with Crippen molar-refractivity contribution in [2.45, 2.75) is 58.5 Å². The highest BCUT2D eigenvalue weighted by atomic mass is 16.5. The second-order valence-corrected chi connectivity index (χ2v) is 8.46. The number of piperidine rings is 1. The molecular weight excluding hydrogens is 352 g/mol. The minimum atomic E-state index is 0.288. The van der Waals surface area contributed by atoms with E-state index >= 15 is 0 Å². The molecule has 4 rings (SSSR count). The first-order valence-corrected chi connectivity index (χ1v) is 10.5. The van der Waals surface area contributed by atoms with E-state index in [4.69, 9.17) is 4.52 Å². The lowest BCUT2D eigenvalue weighted by Gasteiger charge is -2.33. The van der Waals surface area contributed by atoms with Gasteiger partial charge in [-0.25, -0.2) is 0 Å². The van der Waals surface area contributed by atoms with Gasteiger partial charge < -0.3 is 9.42 Å². The van der Waals surface area contributed by atoms with E-state index in [0.717, 1.165) is 51.3 Å². The van der Waals surface area contributed by atoms with Gasteiger partial charge in [-0.05, 0) is 49.4 Å². The molecule has 0 radical (unpaired) electrons. The maximum atomic E-state index is 12.8. The first kappa shape index (κ1) is 19.1. The molecule has 0 N–H and O–H groups in total. The molecule has 6 heteroatoms. The van der Waals surface area contributed by atoms with Crippen LogP contribution in [-0.4, -0.2) is 45.5 Å². The Morgan fingerprint density at radius 2 is 1.93 bits per heavy atom. The van der Waals surface area contributed by atoms with Crippen molar-refractivity contribution in [3.8, 4) is 0 Å². The Morgan fingerprint density at radius 3 is 2.64 bits per heavy atom. The van der Waals surface area contributed by atoms with Crippen LogP contribution in [0.2, 0.25) is 0 Å². The number of rotatable bonds is 5. The summed E-state index contributed by atoms with van der Waals surface area (Å²) in [7, 11) is 0. The lowest BCUT2D eigenvalue weighted by atomic mass is 9.92. The van der Waals surface area contributed by atoms with Gasteiger partial charge in [0.25, 0.3) is 0 Å². The number of hydrogen-bond acceptors (Lipinski definition) is 5. The Bertz CT molecular complexity index is 808. The number of aromatic nitrogens is 2. The third-order valence-corrected chi connectivity index (χ3v) is 6.01. The van der Waals surface area contributed by atoms with Crippen LogP contribution in [-0.2, 0) is 24.3 Å². The highest BCUT2D eigenvalue weighted by molar-refractivity contribution is 5.76. The van der Waals surface area contributed by atoms with Crippen LogP contribution >= 0.6 is 0 Å². The van der Waals surface area contributed by atoms with Crippen LogP contribution in [0.5, 0.6) is 0 Å². The number of benzene rings is 1. The molecule has 1 fully saturated rings. The second-order valence-electron chi connectivity index (χ2n) is 8.46. The van der Waals surface area contributed by atoms with Gasteiger partial charge in [0.15, 0.2) is 5.82 Å². The van der Waals surface area contributed by atoms with Gasteiger partial charge in [0, 0.05) is 25.4 Å². The van der Waals surface area contributed by atoms with Crippen molar-refractivity contribution in [2.75, 3.05) is 19.6 Å². The molecule has 0 spiro atoms. The van der Waals surface area contributed by atoms with Crippen LogP contribution in [0.4, 0.5) is 0 Å². The molecule has 2 aromatic rings. The standard InChI is InChI=1S/C22H30N4O2/c1-16(2)22-23-20(28-24-22)15-25-10-7-17(8-11-25)13-21(27)26-12-9-18-5-3-4-6-19(18)14-26/h3-6,16-17H,7-15H2,1-2H3. The Balaban J connectivity index is 1.23. The van der Waals surface area contributed by atoms with E-state index in [9.17, 15) is 4.79 Å². The molecule has 6 nitrogen and oxygen atoms in total. The fourth-order valence-electron chi connectivity index (χ4n) is 4.19. The molecule has 0 bridgehead atoms. The minimum Gasteiger partial charge on any atom is -0.338 e. The zero-order valence-electron chi connectivity index (χ0n) is 16.9. The van der Waals surface area contributed by atoms with Crippen molar-refractivity contribution in [1.82, 2.24) is 19.9 Å². The van der Waals surface area contributed by atoms with Gasteiger partial charge in [-0.3, -0.25) is 9.69 Å². The fourth-order valence-corrected chi connectivity index (χ4v) is 4.19. The first-order valence-electron chi connectivity index (χ1n) is 10.5. The summed E-state index contributed by atoms with van der Waals surface area (Å²) in [6.45, 7) is 8.44. The van der Waals surface area contributed by atoms with Crippen LogP contribution in [0.25, 0.3) is 0 Å². The zero-order valence-corrected chi connectivity index (χ0v) is 16.9. The van der Waals surface area contributed by atoms with E-state index in [2.05, 4.69) is 53.2 Å². The summed E-state index contributed by atoms with van der Waals surface area (Å²) >= 11 is 0. The quantitative estimate of drug-likeness (QED) is 0.793. The van der Waals surface area contributed by atoms with Gasteiger partial charge in [-0.15, -0.1) is 0 Å². The van der Waals surface area contributed by atoms with Crippen LogP contribution < -0.4 is 0 Å². The van der Waals surface area contributed by atoms with E-state index in [1.54, 1.807) is 0 Å². The van der Waals surface area contributed by atoms with E-state index in [-0.39, 0.29) is 5.92 Å². The molecular formula is C22H30N4O2. The molecule has 28 heavy (non-hydrogen) atoms. The largest absolute Gasteiger partial charge is 0.338 e. The average molecular weight is 383 g/mol. The number of carbonyl (C=O) groups is 1. The Labute approximate surface area is 166 Å². The molecule has 2 aliphatic heterocycles. The number of carbonyl (C=O) groups excluding carboxylic acids is 1. The third-order valence-electron chi connectivity index (χ3n) is 6.01. The summed E-state index contributed by atoms with van der Waals surface area (Å²) in [5.74, 6) is 2.56. The van der Waals surface area contributed by atoms with Crippen LogP contribution in [0.15, 0.2) is 28.8 Å². The predicted molar refractivity (Wildman–Crippen MR) is 107 cm³/mol. The van der Waals surface area contributed by atoms with Gasteiger partial charge in [0.2, 0.25) is 11.8 Å². The first-order chi connectivity index (χ1) is 13.6. The molecule has 0 atom stereocenters. The fraction of sp³-hybridized carbons (Fsp3) is 0.591. The van der Waals surface area contributed by atoms with Gasteiger partial charge in [-0.1, -0.05) is 43.3 Å². The van der Waals surface area contributed by atoms with Crippen molar-refractivity contribution < 1.29 is 9.32 Å². The molecule has 150 valence electrons. The van der Waals surface area contributed by atoms with E-state index in [1.807, 2.05) is 4.90 Å². The molecule has 0 unspecified atom stereocenters. The Hall–Kier alpha value is -2.21. The number of fused-ring (bicyclic) bond motifs is 1. The molecule has 1 aromatic carbocycles. The summed E-state index contributed by atoms with van der Waals surface area (Å²) in [4.78, 5) is 21.7. The number of amides is 1. The van der Waals surface area contributed by atoms with E-state index in [1.165, 1.54) is 11.1 Å². The van der Waals surface area contributed by atoms with Crippen LogP contribution in [0.1, 0.15) is 61.9 Å². The van der Waals surface area contributed by atoms with E-state index in [0.29, 0.717) is 30.7 Å². The number of hydrogen-bond donors (Lipinski definition) is 0. The maximum absolute atomic E-state index is 12.8. The van der Waals surface area contributed by atoms with Gasteiger partial charge in [0.1, 0.15) is 0 Å². The van der Waals surface area contributed by atoms with Crippen LogP contribution in [0.3, 0.4) is 0 Å². The van der Waals surface area contributed by atoms with Crippen LogP contribution in [0, 0.1) is 5.92 Å². The average Bonchev–Trinajstić information content (AvgIpc) is 3.18. The normalized spacial score (nSPS) is 18.5. The number of likely N-dealkylation sites (tertiary alicyclic amines) is 1. The SMILES string of the molecule is CC(C)c1noc(CN2CCC(CC(=O)N3CCc4ccccc4C3)CC2)n1. The topological polar surface area (TPSA) is 62.5 Å². The molecule has 1 amide bonds. The molecule has 3 heterocycles. The van der Waals surface area contributed by atoms with Crippen molar-refractivity contribution in [1.29, 1.82) is 0 Å². The second kappa shape index (κ2) is 8.43. The number of nitrogens with zero attached hydrogens (tertiary/aromatic N) is 4. The van der Waals surface area contributed by atoms with Crippen molar-refractivity contribution in [3.63, 3.8) is 0 Å². The molecule has 2 aliphatic rings. The summed E-state index contributed by atoms with van der Waals surface area (Å²) in [6, 6.07) is 8.48. The molecule has 1 saturated heterocycles. The third kappa shape index (κ3) is 4.43. The zero-order chi connectivity index (χ0) is 19.5. The highest BCUT2D eigenvalue weighted by Gasteiger charge is 2.26. The van der Waals surface area contributed by atoms with Gasteiger partial charge in [0.05, 0.1) is 6.54 Å². The Morgan fingerprint density at radius 1 is 1.18 bits per heavy atom. The summed E-state index contributed by atoms with van der Waals surface area (Å²) in [6.07, 6.45) is 3.76. The summed E-state index contributed by atoms with van der Waals surface area (Å²) in [5, 5.41) is 4.04. The summed E-state index contributed by atoms with van der Waals surface area (Å²) in [5.41, 5.74) is 2.69. The molecule has 1 aromatic heterocycles. The van der Waals surface area contributed by atoms with Crippen molar-refractivity contribution >= 4 is 5.91 Å². The lowest BCUT2D eigenvalue weighted by molar-refractivity contribution is -0.133. The highest BCUT2D eigenvalue weighted by Crippen LogP contribution is 2.25. The smallest absolute Gasteiger partial charge is 0.240 e. The monoisotopic (exact) mass is 382 g/mol. The predicted octanol–water partition coefficient (Wildman–Crippen LogP) is 3.38. The van der Waals surface area contributed by atoms with Crippen molar-refractivity contribution in [3.05, 3.63) is 47.1 Å².